The van der Waals surface area contributed by atoms with Gasteiger partial charge in [0.1, 0.15) is 0 Å². The molecule has 1 aliphatic carbocycles. The first-order valence-corrected chi connectivity index (χ1v) is 7.16. The first-order valence-electron chi connectivity index (χ1n) is 7.16. The Bertz CT molecular complexity index is 445. The van der Waals surface area contributed by atoms with Crippen LogP contribution in [-0.2, 0) is 10.9 Å². The topological polar surface area (TPSA) is 41.5 Å². The normalized spacial score (nSPS) is 17.9. The van der Waals surface area contributed by atoms with E-state index in [-0.39, 0.29) is 19.3 Å². The third-order valence-corrected chi connectivity index (χ3v) is 3.56. The van der Waals surface area contributed by atoms with E-state index in [1.165, 1.54) is 6.07 Å². The SMILES string of the molecule is OC(CNc1cccc(C(F)(F)F)c1)COC1CCCC1. The Morgan fingerprint density at radius 1 is 1.29 bits per heavy atom. The van der Waals surface area contributed by atoms with Gasteiger partial charge in [0.15, 0.2) is 0 Å². The molecule has 0 aromatic heterocycles. The number of hydrogen-bond donors (Lipinski definition) is 2. The monoisotopic (exact) mass is 303 g/mol. The average Bonchev–Trinajstić information content (AvgIpc) is 2.95. The van der Waals surface area contributed by atoms with Gasteiger partial charge in [-0.15, -0.1) is 0 Å². The minimum atomic E-state index is -4.36. The van der Waals surface area contributed by atoms with Crippen LogP contribution in [0.4, 0.5) is 18.9 Å². The number of aliphatic hydroxyl groups is 1. The van der Waals surface area contributed by atoms with Crippen molar-refractivity contribution >= 4 is 5.69 Å². The highest BCUT2D eigenvalue weighted by molar-refractivity contribution is 5.46. The number of alkyl halides is 3. The summed E-state index contributed by atoms with van der Waals surface area (Å²) in [5.41, 5.74) is -0.367. The molecule has 1 aromatic rings. The maximum Gasteiger partial charge on any atom is 0.416 e. The van der Waals surface area contributed by atoms with E-state index < -0.39 is 17.8 Å². The number of ether oxygens (including phenoxy) is 1. The second-order valence-electron chi connectivity index (χ2n) is 5.35. The smallest absolute Gasteiger partial charge is 0.389 e. The molecule has 3 nitrogen and oxygen atoms in total. The Labute approximate surface area is 122 Å². The van der Waals surface area contributed by atoms with Crippen molar-refractivity contribution in [3.63, 3.8) is 0 Å². The molecule has 0 radical (unpaired) electrons. The van der Waals surface area contributed by atoms with Crippen LogP contribution < -0.4 is 5.32 Å². The Hall–Kier alpha value is -1.27. The molecule has 1 saturated carbocycles. The molecule has 0 aliphatic heterocycles. The highest BCUT2D eigenvalue weighted by atomic mass is 19.4. The van der Waals surface area contributed by atoms with Crippen molar-refractivity contribution in [2.45, 2.75) is 44.1 Å². The summed E-state index contributed by atoms with van der Waals surface area (Å²) >= 11 is 0. The molecular weight excluding hydrogens is 283 g/mol. The molecule has 0 saturated heterocycles. The van der Waals surface area contributed by atoms with Crippen molar-refractivity contribution in [3.8, 4) is 0 Å². The first-order chi connectivity index (χ1) is 9.95. The predicted molar refractivity (Wildman–Crippen MR) is 74.1 cm³/mol. The van der Waals surface area contributed by atoms with E-state index in [4.69, 9.17) is 4.74 Å². The second kappa shape index (κ2) is 7.13. The molecule has 6 heteroatoms. The number of anilines is 1. The second-order valence-corrected chi connectivity index (χ2v) is 5.35. The van der Waals surface area contributed by atoms with Gasteiger partial charge >= 0.3 is 6.18 Å². The van der Waals surface area contributed by atoms with Gasteiger partial charge in [0, 0.05) is 12.2 Å². The molecule has 118 valence electrons. The van der Waals surface area contributed by atoms with Crippen LogP contribution >= 0.6 is 0 Å². The zero-order valence-corrected chi connectivity index (χ0v) is 11.7. The van der Waals surface area contributed by atoms with Crippen LogP contribution in [0.1, 0.15) is 31.2 Å². The van der Waals surface area contributed by atoms with E-state index in [0.717, 1.165) is 37.8 Å². The van der Waals surface area contributed by atoms with Crippen LogP contribution in [0.5, 0.6) is 0 Å². The van der Waals surface area contributed by atoms with Crippen molar-refractivity contribution < 1.29 is 23.0 Å². The molecule has 1 atom stereocenters. The quantitative estimate of drug-likeness (QED) is 0.846. The van der Waals surface area contributed by atoms with Gasteiger partial charge in [-0.3, -0.25) is 0 Å². The van der Waals surface area contributed by atoms with E-state index in [9.17, 15) is 18.3 Å². The number of rotatable bonds is 6. The summed E-state index contributed by atoms with van der Waals surface area (Å²) < 4.78 is 43.3. The van der Waals surface area contributed by atoms with Crippen LogP contribution in [0.3, 0.4) is 0 Å². The minimum Gasteiger partial charge on any atom is -0.389 e. The van der Waals surface area contributed by atoms with Gasteiger partial charge in [0.05, 0.1) is 24.4 Å². The zero-order valence-electron chi connectivity index (χ0n) is 11.7. The lowest BCUT2D eigenvalue weighted by Crippen LogP contribution is -2.27. The molecule has 2 N–H and O–H groups in total. The summed E-state index contributed by atoms with van der Waals surface area (Å²) in [5.74, 6) is 0. The summed E-state index contributed by atoms with van der Waals surface area (Å²) in [7, 11) is 0. The summed E-state index contributed by atoms with van der Waals surface area (Å²) in [6.45, 7) is 0.366. The molecule has 1 fully saturated rings. The van der Waals surface area contributed by atoms with Crippen LogP contribution in [0.2, 0.25) is 0 Å². The Morgan fingerprint density at radius 2 is 2.00 bits per heavy atom. The molecule has 0 spiro atoms. The molecule has 1 unspecified atom stereocenters. The zero-order chi connectivity index (χ0) is 15.3. The third-order valence-electron chi connectivity index (χ3n) is 3.56. The third kappa shape index (κ3) is 5.21. The van der Waals surface area contributed by atoms with Gasteiger partial charge in [-0.1, -0.05) is 18.9 Å². The highest BCUT2D eigenvalue weighted by Crippen LogP contribution is 2.30. The van der Waals surface area contributed by atoms with E-state index in [1.54, 1.807) is 6.07 Å². The van der Waals surface area contributed by atoms with Crippen LogP contribution in [-0.4, -0.2) is 30.5 Å². The Balaban J connectivity index is 1.76. The summed E-state index contributed by atoms with van der Waals surface area (Å²) in [6.07, 6.45) is -0.524. The van der Waals surface area contributed by atoms with E-state index >= 15 is 0 Å². The maximum absolute atomic E-state index is 12.6. The Kier molecular flexibility index (Phi) is 5.47. The number of nitrogens with one attached hydrogen (secondary N) is 1. The van der Waals surface area contributed by atoms with Crippen LogP contribution in [0.25, 0.3) is 0 Å². The molecule has 21 heavy (non-hydrogen) atoms. The van der Waals surface area contributed by atoms with Crippen molar-refractivity contribution in [2.24, 2.45) is 0 Å². The molecular formula is C15H20F3NO2. The number of aliphatic hydroxyl groups excluding tert-OH is 1. The van der Waals surface area contributed by atoms with Gasteiger partial charge in [-0.05, 0) is 31.0 Å². The van der Waals surface area contributed by atoms with Crippen molar-refractivity contribution in [1.29, 1.82) is 0 Å². The van der Waals surface area contributed by atoms with Gasteiger partial charge in [0.25, 0.3) is 0 Å². The lowest BCUT2D eigenvalue weighted by Gasteiger charge is -2.17. The lowest BCUT2D eigenvalue weighted by molar-refractivity contribution is -0.137. The first kappa shape index (κ1) is 16.1. The number of halogens is 3. The van der Waals surface area contributed by atoms with Crippen LogP contribution in [0, 0.1) is 0 Å². The summed E-state index contributed by atoms with van der Waals surface area (Å²) in [5, 5.41) is 12.6. The van der Waals surface area contributed by atoms with Gasteiger partial charge in [-0.25, -0.2) is 0 Å². The summed E-state index contributed by atoms with van der Waals surface area (Å²) in [4.78, 5) is 0. The van der Waals surface area contributed by atoms with Gasteiger partial charge in [0.2, 0.25) is 0 Å². The molecule has 0 bridgehead atoms. The van der Waals surface area contributed by atoms with Gasteiger partial charge < -0.3 is 15.2 Å². The fourth-order valence-corrected chi connectivity index (χ4v) is 2.40. The van der Waals surface area contributed by atoms with Gasteiger partial charge in [-0.2, -0.15) is 13.2 Å². The Morgan fingerprint density at radius 3 is 2.67 bits per heavy atom. The lowest BCUT2D eigenvalue weighted by atomic mass is 10.2. The van der Waals surface area contributed by atoms with E-state index in [0.29, 0.717) is 5.69 Å². The molecule has 1 aliphatic rings. The number of hydrogen-bond acceptors (Lipinski definition) is 3. The predicted octanol–water partition coefficient (Wildman–Crippen LogP) is 3.44. The summed E-state index contributed by atoms with van der Waals surface area (Å²) in [6, 6.07) is 4.93. The van der Waals surface area contributed by atoms with Crippen molar-refractivity contribution in [3.05, 3.63) is 29.8 Å². The molecule has 0 heterocycles. The average molecular weight is 303 g/mol. The molecule has 0 amide bonds. The van der Waals surface area contributed by atoms with Crippen molar-refractivity contribution in [2.75, 3.05) is 18.5 Å². The molecule has 2 rings (SSSR count). The minimum absolute atomic E-state index is 0.161. The number of benzene rings is 1. The standard InChI is InChI=1S/C15H20F3NO2/c16-15(17,18)11-4-3-5-12(8-11)19-9-13(20)10-21-14-6-1-2-7-14/h3-5,8,13-14,19-20H,1-2,6-7,9-10H2. The highest BCUT2D eigenvalue weighted by Gasteiger charge is 2.30. The van der Waals surface area contributed by atoms with E-state index in [2.05, 4.69) is 5.32 Å². The van der Waals surface area contributed by atoms with Crippen LogP contribution in [0.15, 0.2) is 24.3 Å². The largest absolute Gasteiger partial charge is 0.416 e. The van der Waals surface area contributed by atoms with Crippen molar-refractivity contribution in [1.82, 2.24) is 0 Å². The van der Waals surface area contributed by atoms with E-state index in [1.807, 2.05) is 0 Å². The maximum atomic E-state index is 12.6. The molecule has 1 aromatic carbocycles. The fourth-order valence-electron chi connectivity index (χ4n) is 2.40. The fraction of sp³-hybridized carbons (Fsp3) is 0.600.